The molecule has 1 heterocycles. The number of methoxy groups -OCH3 is 1. The van der Waals surface area contributed by atoms with Crippen LogP contribution < -0.4 is 25.4 Å². The van der Waals surface area contributed by atoms with Crippen molar-refractivity contribution >= 4 is 23.4 Å². The summed E-state index contributed by atoms with van der Waals surface area (Å²) < 4.78 is 11.3. The van der Waals surface area contributed by atoms with Crippen molar-refractivity contribution in [3.63, 3.8) is 0 Å². The van der Waals surface area contributed by atoms with E-state index in [4.69, 9.17) is 9.47 Å². The fourth-order valence-electron chi connectivity index (χ4n) is 3.67. The summed E-state index contributed by atoms with van der Waals surface area (Å²) in [6.45, 7) is 1.91. The molecule has 160 valence electrons. The van der Waals surface area contributed by atoms with Crippen LogP contribution in [0.3, 0.4) is 0 Å². The van der Waals surface area contributed by atoms with E-state index in [-0.39, 0.29) is 17.7 Å². The van der Waals surface area contributed by atoms with Crippen molar-refractivity contribution < 1.29 is 14.3 Å². The minimum absolute atomic E-state index is 0.00425. The van der Waals surface area contributed by atoms with Gasteiger partial charge in [-0.15, -0.1) is 0 Å². The number of benzene rings is 1. The van der Waals surface area contributed by atoms with Crippen LogP contribution in [0.15, 0.2) is 36.6 Å². The quantitative estimate of drug-likeness (QED) is 0.571. The highest BCUT2D eigenvalue weighted by Gasteiger charge is 2.30. The zero-order valence-corrected chi connectivity index (χ0v) is 17.9. The summed E-state index contributed by atoms with van der Waals surface area (Å²) >= 11 is 0. The predicted octanol–water partition coefficient (Wildman–Crippen LogP) is 3.63. The van der Waals surface area contributed by atoms with Crippen molar-refractivity contribution in [3.05, 3.63) is 42.3 Å². The van der Waals surface area contributed by atoms with Gasteiger partial charge in [0.1, 0.15) is 5.82 Å². The predicted molar refractivity (Wildman–Crippen MR) is 117 cm³/mol. The van der Waals surface area contributed by atoms with Gasteiger partial charge in [-0.25, -0.2) is 4.98 Å². The average molecular weight is 412 g/mol. The first kappa shape index (κ1) is 21.4. The molecule has 0 saturated heterocycles. The lowest BCUT2D eigenvalue weighted by Crippen LogP contribution is -2.29. The minimum atomic E-state index is 0.00425. The SMILES string of the molecule is CNC(=O)[C@H]1CCCC1C=COc1cc(Nc2nc(C)cc(NC)n2)ccc1OC. The van der Waals surface area contributed by atoms with Crippen LogP contribution in [0, 0.1) is 18.8 Å². The average Bonchev–Trinajstić information content (AvgIpc) is 3.21. The summed E-state index contributed by atoms with van der Waals surface area (Å²) in [5.74, 6) is 2.67. The Labute approximate surface area is 177 Å². The van der Waals surface area contributed by atoms with Gasteiger partial charge in [0.05, 0.1) is 13.4 Å². The van der Waals surface area contributed by atoms with Gasteiger partial charge < -0.3 is 25.4 Å². The number of anilines is 3. The van der Waals surface area contributed by atoms with E-state index < -0.39 is 0 Å². The van der Waals surface area contributed by atoms with Gasteiger partial charge in [0.15, 0.2) is 11.5 Å². The molecule has 1 unspecified atom stereocenters. The minimum Gasteiger partial charge on any atom is -0.493 e. The second kappa shape index (κ2) is 9.96. The molecule has 30 heavy (non-hydrogen) atoms. The van der Waals surface area contributed by atoms with Crippen LogP contribution in [0.25, 0.3) is 0 Å². The molecule has 0 radical (unpaired) electrons. The Kier molecular flexibility index (Phi) is 7.11. The molecule has 2 aromatic rings. The Morgan fingerprint density at radius 3 is 2.73 bits per heavy atom. The summed E-state index contributed by atoms with van der Waals surface area (Å²) in [6.07, 6.45) is 6.55. The van der Waals surface area contributed by atoms with Gasteiger partial charge in [0.2, 0.25) is 11.9 Å². The molecule has 8 heteroatoms. The molecule has 1 fully saturated rings. The van der Waals surface area contributed by atoms with Gasteiger partial charge in [-0.1, -0.05) is 6.42 Å². The van der Waals surface area contributed by atoms with E-state index in [9.17, 15) is 4.79 Å². The fourth-order valence-corrected chi connectivity index (χ4v) is 3.67. The van der Waals surface area contributed by atoms with E-state index >= 15 is 0 Å². The molecule has 3 rings (SSSR count). The number of aromatic nitrogens is 2. The van der Waals surface area contributed by atoms with Gasteiger partial charge >= 0.3 is 0 Å². The van der Waals surface area contributed by atoms with E-state index in [0.29, 0.717) is 17.4 Å². The maximum Gasteiger partial charge on any atom is 0.229 e. The highest BCUT2D eigenvalue weighted by atomic mass is 16.5. The summed E-state index contributed by atoms with van der Waals surface area (Å²) in [7, 11) is 5.09. The second-order valence-corrected chi connectivity index (χ2v) is 7.22. The number of hydrogen-bond donors (Lipinski definition) is 3. The number of allylic oxidation sites excluding steroid dienone is 1. The smallest absolute Gasteiger partial charge is 0.229 e. The normalized spacial score (nSPS) is 18.3. The molecule has 1 aliphatic rings. The number of carbonyl (C=O) groups is 1. The molecule has 1 saturated carbocycles. The first-order valence-electron chi connectivity index (χ1n) is 10.1. The van der Waals surface area contributed by atoms with E-state index in [1.807, 2.05) is 44.3 Å². The molecule has 1 aromatic heterocycles. The van der Waals surface area contributed by atoms with Crippen LogP contribution in [-0.4, -0.2) is 37.1 Å². The van der Waals surface area contributed by atoms with Crippen molar-refractivity contribution in [2.75, 3.05) is 31.8 Å². The lowest BCUT2D eigenvalue weighted by Gasteiger charge is -2.15. The van der Waals surface area contributed by atoms with Crippen molar-refractivity contribution in [2.24, 2.45) is 11.8 Å². The largest absolute Gasteiger partial charge is 0.493 e. The van der Waals surface area contributed by atoms with Crippen LogP contribution in [0.2, 0.25) is 0 Å². The van der Waals surface area contributed by atoms with Crippen LogP contribution in [0.1, 0.15) is 25.0 Å². The monoisotopic (exact) mass is 411 g/mol. The topological polar surface area (TPSA) is 97.4 Å². The Morgan fingerprint density at radius 1 is 1.17 bits per heavy atom. The Morgan fingerprint density at radius 2 is 2.00 bits per heavy atom. The van der Waals surface area contributed by atoms with Crippen LogP contribution >= 0.6 is 0 Å². The lowest BCUT2D eigenvalue weighted by molar-refractivity contribution is -0.125. The Bertz CT molecular complexity index is 916. The molecule has 0 spiro atoms. The first-order chi connectivity index (χ1) is 14.5. The van der Waals surface area contributed by atoms with Gasteiger partial charge in [-0.05, 0) is 43.9 Å². The molecule has 2 atom stereocenters. The zero-order chi connectivity index (χ0) is 21.5. The number of nitrogens with zero attached hydrogens (tertiary/aromatic N) is 2. The summed E-state index contributed by atoms with van der Waals surface area (Å²) in [5.41, 5.74) is 1.63. The number of nitrogens with one attached hydrogen (secondary N) is 3. The van der Waals surface area contributed by atoms with Gasteiger partial charge in [-0.2, -0.15) is 4.98 Å². The summed E-state index contributed by atoms with van der Waals surface area (Å²) in [5, 5.41) is 8.97. The summed E-state index contributed by atoms with van der Waals surface area (Å²) in [6, 6.07) is 7.40. The van der Waals surface area contributed by atoms with Crippen LogP contribution in [0.4, 0.5) is 17.5 Å². The Balaban J connectivity index is 1.73. The van der Waals surface area contributed by atoms with Crippen molar-refractivity contribution in [2.45, 2.75) is 26.2 Å². The third-order valence-electron chi connectivity index (χ3n) is 5.20. The Hall–Kier alpha value is -3.29. The molecule has 1 aromatic carbocycles. The maximum atomic E-state index is 12.0. The third kappa shape index (κ3) is 5.20. The standard InChI is InChI=1S/C22H29N5O3/c1-14-12-20(23-2)27-22(25-14)26-16-8-9-18(29-4)19(13-16)30-11-10-15-6-5-7-17(15)21(28)24-3/h8-13,15,17H,5-7H2,1-4H3,(H,24,28)(H2,23,25,26,27)/t15?,17-/m0/s1. The summed E-state index contributed by atoms with van der Waals surface area (Å²) in [4.78, 5) is 20.8. The van der Waals surface area contributed by atoms with E-state index in [1.54, 1.807) is 20.4 Å². The number of amides is 1. The van der Waals surface area contributed by atoms with Crippen LogP contribution in [-0.2, 0) is 4.79 Å². The highest BCUT2D eigenvalue weighted by molar-refractivity contribution is 5.79. The number of aryl methyl sites for hydroxylation is 1. The van der Waals surface area contributed by atoms with E-state index in [0.717, 1.165) is 36.5 Å². The molecule has 3 N–H and O–H groups in total. The molecular weight excluding hydrogens is 382 g/mol. The van der Waals surface area contributed by atoms with Crippen molar-refractivity contribution in [1.82, 2.24) is 15.3 Å². The van der Waals surface area contributed by atoms with Crippen LogP contribution in [0.5, 0.6) is 11.5 Å². The third-order valence-corrected chi connectivity index (χ3v) is 5.20. The lowest BCUT2D eigenvalue weighted by atomic mass is 9.95. The number of ether oxygens (including phenoxy) is 2. The fraction of sp³-hybridized carbons (Fsp3) is 0.409. The molecular formula is C22H29N5O3. The molecule has 0 bridgehead atoms. The van der Waals surface area contributed by atoms with Gasteiger partial charge in [0.25, 0.3) is 0 Å². The van der Waals surface area contributed by atoms with E-state index in [1.165, 1.54) is 0 Å². The van der Waals surface area contributed by atoms with Crippen molar-refractivity contribution in [1.29, 1.82) is 0 Å². The van der Waals surface area contributed by atoms with Gasteiger partial charge in [-0.3, -0.25) is 4.79 Å². The number of carbonyl (C=O) groups excluding carboxylic acids is 1. The van der Waals surface area contributed by atoms with Crippen molar-refractivity contribution in [3.8, 4) is 11.5 Å². The zero-order valence-electron chi connectivity index (χ0n) is 17.9. The van der Waals surface area contributed by atoms with E-state index in [2.05, 4.69) is 25.9 Å². The molecule has 8 nitrogen and oxygen atoms in total. The number of rotatable bonds is 8. The number of hydrogen-bond acceptors (Lipinski definition) is 7. The highest BCUT2D eigenvalue weighted by Crippen LogP contribution is 2.34. The molecule has 0 aliphatic heterocycles. The second-order valence-electron chi connectivity index (χ2n) is 7.22. The first-order valence-corrected chi connectivity index (χ1v) is 10.1. The molecule has 1 amide bonds. The molecule has 1 aliphatic carbocycles. The van der Waals surface area contributed by atoms with Gasteiger partial charge in [0, 0.05) is 43.5 Å². The maximum absolute atomic E-state index is 12.0.